The Morgan fingerprint density at radius 2 is 1.06 bits per heavy atom. The molecule has 0 spiro atoms. The summed E-state index contributed by atoms with van der Waals surface area (Å²) in [6, 6.07) is -0.980. The summed E-state index contributed by atoms with van der Waals surface area (Å²) in [4.78, 5) is 12.8. The fourth-order valence-electron chi connectivity index (χ4n) is 6.65. The number of aliphatic hydroxyl groups is 6. The van der Waals surface area contributed by atoms with Crippen LogP contribution < -0.4 is 5.32 Å². The third-order valence-corrected chi connectivity index (χ3v) is 10.1. The first-order chi connectivity index (χ1) is 23.8. The molecular formula is C39H77NO9. The highest BCUT2D eigenvalue weighted by Crippen LogP contribution is 2.23. The van der Waals surface area contributed by atoms with Crippen LogP contribution in [0.3, 0.4) is 0 Å². The quantitative estimate of drug-likeness (QED) is 0.0394. The molecule has 1 saturated heterocycles. The number of hydrogen-bond donors (Lipinski definition) is 7. The highest BCUT2D eigenvalue weighted by atomic mass is 16.7. The van der Waals surface area contributed by atoms with E-state index >= 15 is 0 Å². The van der Waals surface area contributed by atoms with E-state index in [0.29, 0.717) is 12.8 Å². The number of carbonyl (C=O) groups is 1. The average molecular weight is 704 g/mol. The Balaban J connectivity index is 2.15. The second kappa shape index (κ2) is 30.7. The minimum Gasteiger partial charge on any atom is -0.394 e. The van der Waals surface area contributed by atoms with E-state index in [1.807, 2.05) is 6.92 Å². The van der Waals surface area contributed by atoms with Gasteiger partial charge in [0.15, 0.2) is 6.29 Å². The maximum absolute atomic E-state index is 12.8. The molecule has 0 aromatic heterocycles. The second-order valence-electron chi connectivity index (χ2n) is 14.6. The molecular weight excluding hydrogens is 626 g/mol. The molecule has 1 heterocycles. The average Bonchev–Trinajstić information content (AvgIpc) is 3.10. The molecule has 0 bridgehead atoms. The van der Waals surface area contributed by atoms with Gasteiger partial charge >= 0.3 is 0 Å². The van der Waals surface area contributed by atoms with Gasteiger partial charge in [0.1, 0.15) is 30.5 Å². The summed E-state index contributed by atoms with van der Waals surface area (Å²) in [6.45, 7) is 3.35. The molecule has 1 fully saturated rings. The highest BCUT2D eigenvalue weighted by Gasteiger charge is 2.44. The highest BCUT2D eigenvalue weighted by molar-refractivity contribution is 5.76. The molecule has 10 nitrogen and oxygen atoms in total. The summed E-state index contributed by atoms with van der Waals surface area (Å²) in [5.74, 6) is -0.266. The number of ether oxygens (including phenoxy) is 2. The molecule has 0 aliphatic carbocycles. The van der Waals surface area contributed by atoms with Crippen molar-refractivity contribution in [2.24, 2.45) is 0 Å². The molecule has 292 valence electrons. The lowest BCUT2D eigenvalue weighted by Gasteiger charge is -2.40. The third kappa shape index (κ3) is 22.0. The summed E-state index contributed by atoms with van der Waals surface area (Å²) < 4.78 is 11.0. The normalized spacial score (nSPS) is 23.0. The van der Waals surface area contributed by atoms with Crippen LogP contribution in [0.2, 0.25) is 0 Å². The topological polar surface area (TPSA) is 169 Å². The van der Waals surface area contributed by atoms with Crippen LogP contribution in [0.1, 0.15) is 181 Å². The predicted molar refractivity (Wildman–Crippen MR) is 195 cm³/mol. The van der Waals surface area contributed by atoms with E-state index in [-0.39, 0.29) is 18.9 Å². The van der Waals surface area contributed by atoms with Crippen LogP contribution in [-0.4, -0.2) is 98.7 Å². The Hall–Kier alpha value is -0.850. The first-order valence-corrected chi connectivity index (χ1v) is 20.3. The predicted octanol–water partition coefficient (Wildman–Crippen LogP) is 6.19. The maximum Gasteiger partial charge on any atom is 0.220 e. The van der Waals surface area contributed by atoms with Crippen molar-refractivity contribution in [3.8, 4) is 0 Å². The summed E-state index contributed by atoms with van der Waals surface area (Å²) in [7, 11) is 0. The van der Waals surface area contributed by atoms with Crippen LogP contribution in [0.4, 0.5) is 0 Å². The minimum atomic E-state index is -1.60. The van der Waals surface area contributed by atoms with Crippen molar-refractivity contribution in [3.05, 3.63) is 0 Å². The fourth-order valence-corrected chi connectivity index (χ4v) is 6.65. The van der Waals surface area contributed by atoms with Crippen LogP contribution >= 0.6 is 0 Å². The molecule has 0 aromatic rings. The van der Waals surface area contributed by atoms with E-state index in [9.17, 15) is 35.4 Å². The number of carbonyl (C=O) groups excluding carboxylic acids is 1. The summed E-state index contributed by atoms with van der Waals surface area (Å²) in [6.07, 6.45) is 21.2. The summed E-state index contributed by atoms with van der Waals surface area (Å²) >= 11 is 0. The molecule has 0 unspecified atom stereocenters. The SMILES string of the molecule is CCCCCCCCCCCCCCCCCCCCCCCCC(=O)N[C@@H](CO[C@H]1O[C@H](CO)[C@H](O)[C@H](O)[C@H]1O)[C@H](O)[C@H](O)CCCC. The Kier molecular flexibility index (Phi) is 29.0. The molecule has 1 amide bonds. The zero-order valence-electron chi connectivity index (χ0n) is 31.3. The van der Waals surface area contributed by atoms with Gasteiger partial charge in [-0.2, -0.15) is 0 Å². The summed E-state index contributed by atoms with van der Waals surface area (Å²) in [5, 5.41) is 63.8. The first kappa shape index (κ1) is 46.2. The van der Waals surface area contributed by atoms with E-state index in [4.69, 9.17) is 9.47 Å². The molecule has 0 radical (unpaired) electrons. The standard InChI is InChI=1S/C39H77NO9/c1-3-5-7-8-9-10-11-12-13-14-15-16-17-18-19-20-21-22-23-24-25-26-28-34(43)40-31(35(44)32(42)27-6-4-2)30-48-39-38(47)37(46)36(45)33(29-41)49-39/h31-33,35-39,41-42,44-47H,3-30H2,1-2H3,(H,40,43)/t31-,32+,33+,35-,36-,37-,38+,39-/m0/s1. The van der Waals surface area contributed by atoms with Crippen molar-refractivity contribution in [3.63, 3.8) is 0 Å². The van der Waals surface area contributed by atoms with Crippen molar-refractivity contribution in [2.45, 2.75) is 230 Å². The zero-order valence-corrected chi connectivity index (χ0v) is 31.3. The molecule has 0 aromatic carbocycles. The number of unbranched alkanes of at least 4 members (excludes halogenated alkanes) is 22. The molecule has 1 aliphatic rings. The fraction of sp³-hybridized carbons (Fsp3) is 0.974. The van der Waals surface area contributed by atoms with Crippen LogP contribution in [0, 0.1) is 0 Å². The Morgan fingerprint density at radius 1 is 0.633 bits per heavy atom. The van der Waals surface area contributed by atoms with E-state index in [0.717, 1.165) is 32.1 Å². The van der Waals surface area contributed by atoms with Crippen molar-refractivity contribution in [1.29, 1.82) is 0 Å². The number of hydrogen-bond acceptors (Lipinski definition) is 9. The Labute approximate surface area is 298 Å². The number of aliphatic hydroxyl groups excluding tert-OH is 6. The van der Waals surface area contributed by atoms with Gasteiger partial charge < -0.3 is 45.4 Å². The smallest absolute Gasteiger partial charge is 0.220 e. The van der Waals surface area contributed by atoms with Gasteiger partial charge in [-0.05, 0) is 12.8 Å². The van der Waals surface area contributed by atoms with Crippen LogP contribution in [0.5, 0.6) is 0 Å². The van der Waals surface area contributed by atoms with Gasteiger partial charge in [-0.25, -0.2) is 0 Å². The van der Waals surface area contributed by atoms with E-state index < -0.39 is 55.6 Å². The third-order valence-electron chi connectivity index (χ3n) is 10.1. The molecule has 10 heteroatoms. The number of amides is 1. The van der Waals surface area contributed by atoms with Crippen molar-refractivity contribution < 1.29 is 44.9 Å². The molecule has 1 rings (SSSR count). The lowest BCUT2D eigenvalue weighted by molar-refractivity contribution is -0.303. The van der Waals surface area contributed by atoms with Gasteiger partial charge in [0.25, 0.3) is 0 Å². The zero-order chi connectivity index (χ0) is 36.1. The van der Waals surface area contributed by atoms with Gasteiger partial charge in [0.2, 0.25) is 5.91 Å². The number of rotatable bonds is 33. The summed E-state index contributed by atoms with van der Waals surface area (Å²) in [5.41, 5.74) is 0. The first-order valence-electron chi connectivity index (χ1n) is 20.3. The van der Waals surface area contributed by atoms with Crippen LogP contribution in [-0.2, 0) is 14.3 Å². The number of nitrogens with one attached hydrogen (secondary N) is 1. The van der Waals surface area contributed by atoms with E-state index in [1.165, 1.54) is 116 Å². The maximum atomic E-state index is 12.8. The van der Waals surface area contributed by atoms with Gasteiger partial charge in [0, 0.05) is 6.42 Å². The lowest BCUT2D eigenvalue weighted by atomic mass is 9.99. The Morgan fingerprint density at radius 3 is 1.49 bits per heavy atom. The minimum absolute atomic E-state index is 0.266. The molecule has 1 aliphatic heterocycles. The molecule has 0 saturated carbocycles. The van der Waals surface area contributed by atoms with Crippen molar-refractivity contribution in [2.75, 3.05) is 13.2 Å². The van der Waals surface area contributed by atoms with Crippen molar-refractivity contribution in [1.82, 2.24) is 5.32 Å². The van der Waals surface area contributed by atoms with Gasteiger partial charge in [-0.3, -0.25) is 4.79 Å². The van der Waals surface area contributed by atoms with Crippen LogP contribution in [0.15, 0.2) is 0 Å². The van der Waals surface area contributed by atoms with E-state index in [2.05, 4.69) is 12.2 Å². The lowest BCUT2D eigenvalue weighted by Crippen LogP contribution is -2.60. The van der Waals surface area contributed by atoms with Gasteiger partial charge in [-0.15, -0.1) is 0 Å². The Bertz CT molecular complexity index is 758. The molecule has 8 atom stereocenters. The molecule has 7 N–H and O–H groups in total. The van der Waals surface area contributed by atoms with Crippen LogP contribution in [0.25, 0.3) is 0 Å². The van der Waals surface area contributed by atoms with Gasteiger partial charge in [0.05, 0.1) is 25.4 Å². The second-order valence-corrected chi connectivity index (χ2v) is 14.6. The monoisotopic (exact) mass is 704 g/mol. The molecule has 49 heavy (non-hydrogen) atoms. The largest absolute Gasteiger partial charge is 0.394 e. The van der Waals surface area contributed by atoms with Gasteiger partial charge in [-0.1, -0.05) is 162 Å². The van der Waals surface area contributed by atoms with Crippen molar-refractivity contribution >= 4 is 5.91 Å². The van der Waals surface area contributed by atoms with E-state index in [1.54, 1.807) is 0 Å².